The van der Waals surface area contributed by atoms with Gasteiger partial charge in [0.2, 0.25) is 41.4 Å². The van der Waals surface area contributed by atoms with Crippen LogP contribution >= 0.6 is 11.6 Å². The van der Waals surface area contributed by atoms with Crippen molar-refractivity contribution >= 4 is 88.5 Å². The number of allylic oxidation sites excluding steroid dienone is 3. The van der Waals surface area contributed by atoms with Crippen LogP contribution in [0.5, 0.6) is 5.75 Å². The molecule has 36 heteroatoms. The van der Waals surface area contributed by atoms with Gasteiger partial charge in [0.15, 0.2) is 0 Å². The van der Waals surface area contributed by atoms with Gasteiger partial charge in [-0.25, -0.2) is 19.2 Å². The lowest BCUT2D eigenvalue weighted by molar-refractivity contribution is -0.162. The summed E-state index contributed by atoms with van der Waals surface area (Å²) in [6, 6.07) is 22.3. The number of methoxy groups -OCH3 is 2. The summed E-state index contributed by atoms with van der Waals surface area (Å²) in [5.74, 6) is -4.67. The maximum Gasteiger partial charge on any atom is 0.409 e. The number of likely N-dealkylation sites (N-methyl/N-ethyl adjacent to an activating group) is 1. The minimum atomic E-state index is -1.38. The number of carbonyl (C=O) groups excluding carboxylic acids is 11. The van der Waals surface area contributed by atoms with Crippen LogP contribution in [0.15, 0.2) is 109 Å². The number of esters is 1. The van der Waals surface area contributed by atoms with E-state index in [1.165, 1.54) is 79.2 Å². The Morgan fingerprint density at radius 2 is 1.32 bits per heavy atom. The largest absolute Gasteiger partial charge is 0.495 e. The molecule has 4 aromatic rings. The van der Waals surface area contributed by atoms with Crippen molar-refractivity contribution in [3.05, 3.63) is 136 Å². The predicted molar refractivity (Wildman–Crippen MR) is 464 cm³/mol. The van der Waals surface area contributed by atoms with Crippen LogP contribution in [0.1, 0.15) is 128 Å². The molecule has 1 aliphatic carbocycles. The quantitative estimate of drug-likeness (QED) is 0.00937. The highest BCUT2D eigenvalue weighted by molar-refractivity contribution is 6.35. The normalized spacial score (nSPS) is 19.6. The van der Waals surface area contributed by atoms with E-state index in [0.717, 1.165) is 11.1 Å². The van der Waals surface area contributed by atoms with Gasteiger partial charge >= 0.3 is 24.2 Å². The highest BCUT2D eigenvalue weighted by Crippen LogP contribution is 2.49. The van der Waals surface area contributed by atoms with E-state index >= 15 is 0 Å². The SMILES string of the molecule is COc1cc2cc(c1Cl)N(C)C(=O)C[C@H](OC(=O)[C@H](C)N(C)C(=O)CCCN(C)C(=O)OCc1ccc(NC(=O)[C@H](CCCNC(N)=O)NC(=O)[C@@H](NC(=O)CCOCCOCCOCCOCCOCCOCCNC(=O)CNC(=O)CCC3c4ccccc4-c4ccccc43)C(C)C)cc1)[C@]1(C)OC1[C@H](C)[C@@H](OC(N)=O)CC(O)[C@H](OC)/C=C/C=C(\C)C2. The molecule has 2 bridgehead atoms. The molecule has 0 spiro atoms. The average Bonchev–Trinajstić information content (AvgIpc) is 1.57. The van der Waals surface area contributed by atoms with Crippen molar-refractivity contribution in [3.63, 3.8) is 0 Å². The lowest BCUT2D eigenvalue weighted by Gasteiger charge is -2.30. The average molecular weight is 1770 g/mol. The smallest absolute Gasteiger partial charge is 0.409 e. The maximum atomic E-state index is 14.5. The van der Waals surface area contributed by atoms with Crippen molar-refractivity contribution in [2.24, 2.45) is 23.3 Å². The molecule has 2 heterocycles. The van der Waals surface area contributed by atoms with Crippen LogP contribution in [0.3, 0.4) is 0 Å². The first-order valence-electron chi connectivity index (χ1n) is 42.2. The van der Waals surface area contributed by atoms with Crippen LogP contribution in [-0.4, -0.2) is 276 Å². The summed E-state index contributed by atoms with van der Waals surface area (Å²) in [5.41, 5.74) is 17.1. The van der Waals surface area contributed by atoms with Gasteiger partial charge in [-0.05, 0) is 116 Å². The van der Waals surface area contributed by atoms with E-state index in [2.05, 4.69) is 56.2 Å². The lowest BCUT2D eigenvalue weighted by Crippen LogP contribution is -2.54. The van der Waals surface area contributed by atoms with Gasteiger partial charge in [-0.1, -0.05) is 117 Å². The summed E-state index contributed by atoms with van der Waals surface area (Å²) < 4.78 is 68.2. The zero-order chi connectivity index (χ0) is 91.1. The van der Waals surface area contributed by atoms with E-state index < -0.39 is 126 Å². The number of carbonyl (C=O) groups is 11. The summed E-state index contributed by atoms with van der Waals surface area (Å²) >= 11 is 6.85. The Balaban J connectivity index is 0.748. The van der Waals surface area contributed by atoms with Crippen molar-refractivity contribution in [2.75, 3.05) is 151 Å². The second-order valence-corrected chi connectivity index (χ2v) is 31.8. The van der Waals surface area contributed by atoms with Gasteiger partial charge in [0.1, 0.15) is 59.4 Å². The summed E-state index contributed by atoms with van der Waals surface area (Å²) in [4.78, 5) is 149. The zero-order valence-corrected chi connectivity index (χ0v) is 74.2. The van der Waals surface area contributed by atoms with E-state index in [1.807, 2.05) is 37.3 Å². The molecule has 125 heavy (non-hydrogen) atoms. The van der Waals surface area contributed by atoms with Crippen LogP contribution in [0.4, 0.5) is 25.8 Å². The number of ether oxygens (including phenoxy) is 12. The highest BCUT2D eigenvalue weighted by atomic mass is 35.5. The molecule has 11 amide bonds. The van der Waals surface area contributed by atoms with E-state index in [9.17, 15) is 57.8 Å². The first kappa shape index (κ1) is 102. The minimum Gasteiger partial charge on any atom is -0.495 e. The monoisotopic (exact) mass is 1770 g/mol. The lowest BCUT2D eigenvalue weighted by atomic mass is 9.85. The maximum absolute atomic E-state index is 14.5. The second kappa shape index (κ2) is 52.6. The molecule has 11 N–H and O–H groups in total. The first-order chi connectivity index (χ1) is 59.8. The summed E-state index contributed by atoms with van der Waals surface area (Å²) in [6.45, 7) is 13.9. The molecule has 2 unspecified atom stereocenters. The molecular weight excluding hydrogens is 1640 g/mol. The number of nitrogens with two attached hydrogens (primary N) is 2. The molecule has 3 aliphatic rings. The fourth-order valence-corrected chi connectivity index (χ4v) is 14.7. The van der Waals surface area contributed by atoms with Gasteiger partial charge < -0.3 is 120 Å². The molecule has 35 nitrogen and oxygen atoms in total. The number of nitrogens with zero attached hydrogens (tertiary/aromatic N) is 3. The van der Waals surface area contributed by atoms with Gasteiger partial charge in [0, 0.05) is 91.1 Å². The van der Waals surface area contributed by atoms with Crippen molar-refractivity contribution in [1.29, 1.82) is 0 Å². The molecule has 0 saturated carbocycles. The number of hydrogen-bond donors (Lipinski definition) is 9. The van der Waals surface area contributed by atoms with Crippen molar-refractivity contribution < 1.29 is 115 Å². The third-order valence-corrected chi connectivity index (χ3v) is 22.1. The number of epoxide rings is 1. The van der Waals surface area contributed by atoms with Crippen LogP contribution in [0.2, 0.25) is 5.02 Å². The Hall–Kier alpha value is -10.3. The summed E-state index contributed by atoms with van der Waals surface area (Å²) in [6.07, 6.45) is -0.673. The summed E-state index contributed by atoms with van der Waals surface area (Å²) in [7, 11) is 7.31. The van der Waals surface area contributed by atoms with Gasteiger partial charge in [-0.15, -0.1) is 0 Å². The third kappa shape index (κ3) is 33.2. The molecular formula is C89H126ClN11O24. The van der Waals surface area contributed by atoms with Crippen LogP contribution in [0, 0.1) is 11.8 Å². The number of hydrogen-bond acceptors (Lipinski definition) is 24. The summed E-state index contributed by atoms with van der Waals surface area (Å²) in [5, 5.41) is 27.8. The van der Waals surface area contributed by atoms with E-state index in [1.54, 1.807) is 76.2 Å². The molecule has 1 saturated heterocycles. The minimum absolute atomic E-state index is 0.0404. The Morgan fingerprint density at radius 1 is 0.712 bits per heavy atom. The number of benzene rings is 4. The Kier molecular flexibility index (Phi) is 42.8. The standard InChI is InChI=1S/C89H126ClN11O24/c1-56(2)81(98-76(104)33-37-116-39-41-118-43-45-120-47-48-121-46-44-119-42-40-117-38-35-93-77(105)54-95-75(103)32-31-67-65-22-14-12-20-63(65)64-21-13-15-23-66(64)67)84(109)97-68(24-17-34-94-86(91)111)83(108)96-62-29-27-60(28-30-62)55-122-88(113)99(7)36-18-26-78(106)100(8)59(5)85(110)124-74-53-79(107)101(9)69-50-61(51-73(115-11)80(69)90)49-57(3)19-16-25-71(114-10)70(102)52-72(123-87(92)112)58(4)82-89(74,6)125-82/h12-16,19-23,25,27-30,50-51,56,58-59,67-68,70-72,74,81-82,102H,17-18,24,26,31-49,52-55H2,1-11H3,(H2,92,112)(H,93,105)(H,95,103)(H,96,108)(H,97,109)(H,98,104)(H3,91,94,111)/b25-16+,57-19+/t58-,59+,68+,70?,71-,72+,74+,81+,82?,89+/m1/s1. The van der Waals surface area contributed by atoms with E-state index in [0.29, 0.717) is 108 Å². The van der Waals surface area contributed by atoms with Crippen LogP contribution < -0.4 is 53.0 Å². The molecule has 688 valence electrons. The van der Waals surface area contributed by atoms with E-state index in [-0.39, 0.29) is 107 Å². The van der Waals surface area contributed by atoms with Crippen molar-refractivity contribution in [2.45, 2.75) is 173 Å². The number of primary amides is 2. The molecule has 1 fully saturated rings. The number of amides is 11. The third-order valence-electron chi connectivity index (χ3n) is 21.7. The number of anilines is 2. The number of rotatable bonds is 48. The highest BCUT2D eigenvalue weighted by Gasteiger charge is 2.64. The first-order valence-corrected chi connectivity index (χ1v) is 42.6. The van der Waals surface area contributed by atoms with Gasteiger partial charge in [-0.3, -0.25) is 33.6 Å². The Bertz CT molecular complexity index is 4230. The predicted octanol–water partition coefficient (Wildman–Crippen LogP) is 6.92. The number of urea groups is 1. The van der Waals surface area contributed by atoms with E-state index in [4.69, 9.17) is 79.9 Å². The molecule has 0 radical (unpaired) electrons. The zero-order valence-electron chi connectivity index (χ0n) is 73.5. The number of fused-ring (bicyclic) bond motifs is 6. The molecule has 0 aromatic heterocycles. The number of aliphatic hydroxyl groups is 1. The fourth-order valence-electron chi connectivity index (χ4n) is 14.4. The van der Waals surface area contributed by atoms with Crippen molar-refractivity contribution in [3.8, 4) is 16.9 Å². The molecule has 2 aliphatic heterocycles. The number of halogens is 1. The van der Waals surface area contributed by atoms with Crippen molar-refractivity contribution in [1.82, 2.24) is 36.4 Å². The molecule has 10 atom stereocenters. The second-order valence-electron chi connectivity index (χ2n) is 31.4. The number of aliphatic hydroxyl groups excluding tert-OH is 1. The number of nitrogens with one attached hydrogen (secondary N) is 6. The Labute approximate surface area is 735 Å². The van der Waals surface area contributed by atoms with Crippen LogP contribution in [-0.2, 0) is 103 Å². The molecule has 7 rings (SSSR count). The van der Waals surface area contributed by atoms with Gasteiger partial charge in [0.25, 0.3) is 0 Å². The Morgan fingerprint density at radius 3 is 1.91 bits per heavy atom. The van der Waals surface area contributed by atoms with Gasteiger partial charge in [-0.2, -0.15) is 0 Å². The van der Waals surface area contributed by atoms with Gasteiger partial charge in [0.05, 0.1) is 117 Å². The fraction of sp³-hybridized carbons (Fsp3) is 0.562. The van der Waals surface area contributed by atoms with Crippen LogP contribution in [0.25, 0.3) is 11.1 Å². The molecule has 4 aromatic carbocycles. The topological polar surface area (TPSA) is 456 Å².